The van der Waals surface area contributed by atoms with Crippen LogP contribution in [0.5, 0.6) is 5.75 Å². The van der Waals surface area contributed by atoms with E-state index in [0.717, 1.165) is 5.56 Å². The van der Waals surface area contributed by atoms with Crippen molar-refractivity contribution in [3.63, 3.8) is 0 Å². The number of nitrogens with two attached hydrogens (primary N) is 2. The lowest BCUT2D eigenvalue weighted by Gasteiger charge is -2.26. The fraction of sp³-hybridized carbons (Fsp3) is 0.167. The van der Waals surface area contributed by atoms with Gasteiger partial charge in [0.1, 0.15) is 11.6 Å². The van der Waals surface area contributed by atoms with Gasteiger partial charge in [-0.2, -0.15) is 0 Å². The first-order valence-electron chi connectivity index (χ1n) is 10.3. The molecule has 0 saturated carbocycles. The topological polar surface area (TPSA) is 164 Å². The predicted octanol–water partition coefficient (Wildman–Crippen LogP) is 0.516. The summed E-state index contributed by atoms with van der Waals surface area (Å²) in [6.45, 7) is 0.154. The number of benzene rings is 2. The molecule has 0 unspecified atom stereocenters. The van der Waals surface area contributed by atoms with Gasteiger partial charge in [0, 0.05) is 29.4 Å². The third-order valence-corrected chi connectivity index (χ3v) is 5.51. The molecule has 0 radical (unpaired) electrons. The number of rotatable bonds is 5. The lowest BCUT2D eigenvalue weighted by molar-refractivity contribution is -0.122. The standard InChI is InChI=1S/C24H22N6O4/c1-34-17-7-6-16-12-30(21(31)18(16)10-17)13-24(22(32)28-23(33)29-24)9-8-14-2-4-15(5-3-14)19(25)11-20(26)27/h2-7,10-11H,12-13,25H2,1H3,(H3,26,27)(H2,28,29,32,33)/t24-/m1/s1. The van der Waals surface area contributed by atoms with Crippen LogP contribution in [0.15, 0.2) is 48.5 Å². The molecule has 10 heteroatoms. The summed E-state index contributed by atoms with van der Waals surface area (Å²) in [7, 11) is 1.52. The molecule has 34 heavy (non-hydrogen) atoms. The van der Waals surface area contributed by atoms with Gasteiger partial charge in [0.15, 0.2) is 0 Å². The Balaban J connectivity index is 1.60. The SMILES string of the molecule is COc1ccc2c(c1)C(=O)N(C[C@@]1(C#Cc3ccc(C(N)=CC(=N)N)cc3)NC(=O)NC1=O)C2. The number of ether oxygens (including phenoxy) is 1. The van der Waals surface area contributed by atoms with Crippen molar-refractivity contribution >= 4 is 29.4 Å². The molecule has 7 N–H and O–H groups in total. The minimum Gasteiger partial charge on any atom is -0.497 e. The molecule has 0 bridgehead atoms. The number of nitrogens with one attached hydrogen (secondary N) is 3. The van der Waals surface area contributed by atoms with Crippen molar-refractivity contribution in [1.29, 1.82) is 5.41 Å². The summed E-state index contributed by atoms with van der Waals surface area (Å²) < 4.78 is 5.19. The molecule has 0 aliphatic carbocycles. The molecule has 2 aromatic rings. The zero-order valence-electron chi connectivity index (χ0n) is 18.3. The maximum absolute atomic E-state index is 13.0. The van der Waals surface area contributed by atoms with Crippen molar-refractivity contribution in [2.75, 3.05) is 13.7 Å². The van der Waals surface area contributed by atoms with Gasteiger partial charge in [0.2, 0.25) is 5.54 Å². The molecule has 0 spiro atoms. The third kappa shape index (κ3) is 4.27. The normalized spacial score (nSPS) is 19.1. The van der Waals surface area contributed by atoms with E-state index >= 15 is 0 Å². The summed E-state index contributed by atoms with van der Waals surface area (Å²) in [5.74, 6) is 5.24. The van der Waals surface area contributed by atoms with Crippen LogP contribution in [0.4, 0.5) is 4.79 Å². The maximum atomic E-state index is 13.0. The Labute approximate surface area is 195 Å². The predicted molar refractivity (Wildman–Crippen MR) is 125 cm³/mol. The van der Waals surface area contributed by atoms with Crippen LogP contribution in [0.3, 0.4) is 0 Å². The Bertz CT molecular complexity index is 1300. The molecule has 2 aliphatic rings. The van der Waals surface area contributed by atoms with Crippen molar-refractivity contribution in [2.45, 2.75) is 12.1 Å². The molecule has 0 aromatic heterocycles. The number of carbonyl (C=O) groups is 3. The second-order valence-corrected chi connectivity index (χ2v) is 7.88. The molecule has 2 heterocycles. The Morgan fingerprint density at radius 3 is 2.56 bits per heavy atom. The highest BCUT2D eigenvalue weighted by Crippen LogP contribution is 2.28. The lowest BCUT2D eigenvalue weighted by Crippen LogP contribution is -2.54. The summed E-state index contributed by atoms with van der Waals surface area (Å²) in [4.78, 5) is 39.1. The van der Waals surface area contributed by atoms with Gasteiger partial charge in [0.05, 0.1) is 13.7 Å². The van der Waals surface area contributed by atoms with Crippen molar-refractivity contribution in [3.8, 4) is 17.6 Å². The molecule has 1 fully saturated rings. The first kappa shape index (κ1) is 22.4. The number of amidine groups is 1. The fourth-order valence-corrected chi connectivity index (χ4v) is 3.79. The quantitative estimate of drug-likeness (QED) is 0.190. The molecule has 2 aliphatic heterocycles. The van der Waals surface area contributed by atoms with Crippen molar-refractivity contribution in [3.05, 3.63) is 70.8 Å². The minimum absolute atomic E-state index is 0.125. The fourth-order valence-electron chi connectivity index (χ4n) is 3.79. The van der Waals surface area contributed by atoms with Crippen LogP contribution in [0.25, 0.3) is 5.70 Å². The average Bonchev–Trinajstić information content (AvgIpc) is 3.26. The number of imide groups is 1. The number of hydrogen-bond donors (Lipinski definition) is 5. The van der Waals surface area contributed by atoms with E-state index in [0.29, 0.717) is 28.1 Å². The summed E-state index contributed by atoms with van der Waals surface area (Å²) in [6.07, 6.45) is 1.33. The third-order valence-electron chi connectivity index (χ3n) is 5.51. The first-order chi connectivity index (χ1) is 16.2. The minimum atomic E-state index is -1.61. The highest BCUT2D eigenvalue weighted by Gasteiger charge is 2.48. The van der Waals surface area contributed by atoms with Gasteiger partial charge in [-0.3, -0.25) is 20.3 Å². The molecule has 4 amide bonds. The number of nitrogens with zero attached hydrogens (tertiary/aromatic N) is 1. The van der Waals surface area contributed by atoms with E-state index < -0.39 is 17.5 Å². The van der Waals surface area contributed by atoms with Gasteiger partial charge in [0.25, 0.3) is 11.8 Å². The zero-order valence-corrected chi connectivity index (χ0v) is 18.3. The van der Waals surface area contributed by atoms with E-state index in [-0.39, 0.29) is 24.8 Å². The molecule has 10 nitrogen and oxygen atoms in total. The van der Waals surface area contributed by atoms with Crippen LogP contribution in [0.1, 0.15) is 27.0 Å². The summed E-state index contributed by atoms with van der Waals surface area (Å²) in [5.41, 5.74) is 12.4. The molecule has 4 rings (SSSR count). The number of urea groups is 1. The monoisotopic (exact) mass is 458 g/mol. The average molecular weight is 458 g/mol. The lowest BCUT2D eigenvalue weighted by atomic mass is 9.98. The van der Waals surface area contributed by atoms with Crippen LogP contribution in [0.2, 0.25) is 0 Å². The van der Waals surface area contributed by atoms with Crippen LogP contribution < -0.4 is 26.8 Å². The van der Waals surface area contributed by atoms with Gasteiger partial charge in [-0.05, 0) is 35.4 Å². The summed E-state index contributed by atoms with van der Waals surface area (Å²) in [5, 5.41) is 12.1. The van der Waals surface area contributed by atoms with E-state index in [1.165, 1.54) is 18.1 Å². The second-order valence-electron chi connectivity index (χ2n) is 7.88. The zero-order chi connectivity index (χ0) is 24.5. The van der Waals surface area contributed by atoms with Crippen LogP contribution in [0, 0.1) is 17.3 Å². The van der Waals surface area contributed by atoms with Crippen molar-refractivity contribution < 1.29 is 19.1 Å². The number of carbonyl (C=O) groups excluding carboxylic acids is 3. The molecule has 172 valence electrons. The Kier molecular flexibility index (Phi) is 5.69. The molecular formula is C24H22N6O4. The molecular weight excluding hydrogens is 436 g/mol. The van der Waals surface area contributed by atoms with Crippen LogP contribution in [-0.2, 0) is 11.3 Å². The van der Waals surface area contributed by atoms with Gasteiger partial charge < -0.3 is 26.4 Å². The van der Waals surface area contributed by atoms with Crippen LogP contribution in [-0.4, -0.2) is 47.8 Å². The highest BCUT2D eigenvalue weighted by molar-refractivity contribution is 6.10. The van der Waals surface area contributed by atoms with Gasteiger partial charge in [-0.15, -0.1) is 0 Å². The maximum Gasteiger partial charge on any atom is 0.323 e. The first-order valence-corrected chi connectivity index (χ1v) is 10.3. The van der Waals surface area contributed by atoms with Crippen molar-refractivity contribution in [1.82, 2.24) is 15.5 Å². The number of hydrogen-bond acceptors (Lipinski definition) is 6. The summed E-state index contributed by atoms with van der Waals surface area (Å²) in [6, 6.07) is 11.3. The van der Waals surface area contributed by atoms with E-state index in [1.807, 2.05) is 0 Å². The smallest absolute Gasteiger partial charge is 0.323 e. The van der Waals surface area contributed by atoms with E-state index in [1.54, 1.807) is 42.5 Å². The largest absolute Gasteiger partial charge is 0.497 e. The molecule has 1 atom stereocenters. The summed E-state index contributed by atoms with van der Waals surface area (Å²) >= 11 is 0. The second kappa shape index (κ2) is 8.63. The number of methoxy groups -OCH3 is 1. The number of fused-ring (bicyclic) bond motifs is 1. The van der Waals surface area contributed by atoms with E-state index in [9.17, 15) is 14.4 Å². The van der Waals surface area contributed by atoms with Gasteiger partial charge in [-0.1, -0.05) is 30.0 Å². The molecule has 1 saturated heterocycles. The van der Waals surface area contributed by atoms with Crippen LogP contribution >= 0.6 is 0 Å². The van der Waals surface area contributed by atoms with Gasteiger partial charge in [-0.25, -0.2) is 4.79 Å². The van der Waals surface area contributed by atoms with E-state index in [4.69, 9.17) is 21.6 Å². The Hall–Kier alpha value is -4.78. The van der Waals surface area contributed by atoms with Crippen molar-refractivity contribution in [2.24, 2.45) is 11.5 Å². The Morgan fingerprint density at radius 1 is 1.21 bits per heavy atom. The Morgan fingerprint density at radius 2 is 1.94 bits per heavy atom. The highest BCUT2D eigenvalue weighted by atomic mass is 16.5. The van der Waals surface area contributed by atoms with E-state index in [2.05, 4.69) is 22.5 Å². The molecule has 2 aromatic carbocycles. The number of amides is 4. The van der Waals surface area contributed by atoms with Gasteiger partial charge >= 0.3 is 6.03 Å².